The minimum absolute atomic E-state index is 0.0905. The summed E-state index contributed by atoms with van der Waals surface area (Å²) < 4.78 is 32.8. The van der Waals surface area contributed by atoms with E-state index in [4.69, 9.17) is 4.74 Å². The summed E-state index contributed by atoms with van der Waals surface area (Å²) in [6, 6.07) is 17.4. The van der Waals surface area contributed by atoms with Gasteiger partial charge in [-0.05, 0) is 74.1 Å². The molecule has 2 heterocycles. The molecule has 0 unspecified atom stereocenters. The maximum atomic E-state index is 13.3. The number of amides is 1. The molecule has 2 aliphatic rings. The molecule has 0 bridgehead atoms. The topological polar surface area (TPSA) is 109 Å². The van der Waals surface area contributed by atoms with Crippen LogP contribution in [0.1, 0.15) is 36.8 Å². The zero-order valence-electron chi connectivity index (χ0n) is 21.0. The van der Waals surface area contributed by atoms with Crippen molar-refractivity contribution in [2.45, 2.75) is 49.0 Å². The molecule has 3 aromatic rings. The third-order valence-corrected chi connectivity index (χ3v) is 9.38. The number of nitrogens with one attached hydrogen (secondary N) is 1. The minimum atomic E-state index is -3.68. The van der Waals surface area contributed by atoms with Crippen molar-refractivity contribution in [3.63, 3.8) is 0 Å². The van der Waals surface area contributed by atoms with Gasteiger partial charge in [-0.25, -0.2) is 13.4 Å². The highest BCUT2D eigenvalue weighted by molar-refractivity contribution is 7.89. The van der Waals surface area contributed by atoms with E-state index < -0.39 is 15.4 Å². The predicted octanol–water partition coefficient (Wildman–Crippen LogP) is 3.88. The normalized spacial score (nSPS) is 18.9. The number of methoxy groups -OCH3 is 1. The molecule has 2 aromatic carbocycles. The van der Waals surface area contributed by atoms with Crippen LogP contribution in [0.4, 0.5) is 5.82 Å². The molecule has 37 heavy (non-hydrogen) atoms. The second kappa shape index (κ2) is 9.89. The summed E-state index contributed by atoms with van der Waals surface area (Å²) in [6.07, 6.45) is 2.95. The Morgan fingerprint density at radius 2 is 1.92 bits per heavy atom. The molecular weight excluding hydrogens is 490 g/mol. The van der Waals surface area contributed by atoms with Crippen molar-refractivity contribution in [2.24, 2.45) is 0 Å². The van der Waals surface area contributed by atoms with Gasteiger partial charge >= 0.3 is 0 Å². The van der Waals surface area contributed by atoms with Gasteiger partial charge in [0, 0.05) is 18.2 Å². The van der Waals surface area contributed by atoms with E-state index in [-0.39, 0.29) is 23.5 Å². The molecule has 1 saturated carbocycles. The molecule has 1 aliphatic carbocycles. The number of anilines is 1. The summed E-state index contributed by atoms with van der Waals surface area (Å²) in [4.78, 5) is 18.1. The zero-order chi connectivity index (χ0) is 26.2. The van der Waals surface area contributed by atoms with Gasteiger partial charge in [-0.15, -0.1) is 0 Å². The fraction of sp³-hybridized carbons (Fsp3) is 0.357. The third-order valence-electron chi connectivity index (χ3n) is 7.41. The van der Waals surface area contributed by atoms with Crippen molar-refractivity contribution in [1.29, 1.82) is 0 Å². The molecule has 194 valence electrons. The van der Waals surface area contributed by atoms with E-state index in [0.29, 0.717) is 24.5 Å². The highest BCUT2D eigenvalue weighted by atomic mass is 32.2. The second-order valence-electron chi connectivity index (χ2n) is 9.75. The molecule has 2 fully saturated rings. The quantitative estimate of drug-likeness (QED) is 0.466. The van der Waals surface area contributed by atoms with E-state index in [9.17, 15) is 18.3 Å². The Morgan fingerprint density at radius 1 is 1.16 bits per heavy atom. The van der Waals surface area contributed by atoms with Gasteiger partial charge in [0.1, 0.15) is 11.6 Å². The van der Waals surface area contributed by atoms with Gasteiger partial charge in [0.05, 0.1) is 29.7 Å². The molecule has 1 aromatic heterocycles. The summed E-state index contributed by atoms with van der Waals surface area (Å²) in [5.41, 5.74) is 2.76. The van der Waals surface area contributed by atoms with Crippen LogP contribution in [0.2, 0.25) is 0 Å². The van der Waals surface area contributed by atoms with Crippen LogP contribution >= 0.6 is 0 Å². The van der Waals surface area contributed by atoms with Crippen molar-refractivity contribution < 1.29 is 23.1 Å². The van der Waals surface area contributed by atoms with Crippen LogP contribution < -0.4 is 10.1 Å². The van der Waals surface area contributed by atoms with E-state index in [1.165, 1.54) is 4.31 Å². The average molecular weight is 522 g/mol. The molecule has 1 aliphatic heterocycles. The number of benzene rings is 2. The summed E-state index contributed by atoms with van der Waals surface area (Å²) in [5.74, 6) is 1.15. The second-order valence-corrected chi connectivity index (χ2v) is 11.6. The number of aromatic nitrogens is 1. The Labute approximate surface area is 217 Å². The van der Waals surface area contributed by atoms with E-state index in [1.54, 1.807) is 37.4 Å². The van der Waals surface area contributed by atoms with Gasteiger partial charge in [0.15, 0.2) is 0 Å². The number of hydrogen-bond acceptors (Lipinski definition) is 6. The van der Waals surface area contributed by atoms with Gasteiger partial charge in [-0.3, -0.25) is 4.79 Å². The van der Waals surface area contributed by atoms with E-state index in [1.807, 2.05) is 37.3 Å². The maximum Gasteiger partial charge on any atom is 0.243 e. The van der Waals surface area contributed by atoms with E-state index >= 15 is 0 Å². The molecule has 2 N–H and O–H groups in total. The Morgan fingerprint density at radius 3 is 2.57 bits per heavy atom. The lowest BCUT2D eigenvalue weighted by Crippen LogP contribution is -2.37. The molecule has 0 spiro atoms. The Kier molecular flexibility index (Phi) is 6.78. The number of aliphatic hydroxyl groups is 1. The summed E-state index contributed by atoms with van der Waals surface area (Å²) in [7, 11) is -2.05. The summed E-state index contributed by atoms with van der Waals surface area (Å²) >= 11 is 0. The minimum Gasteiger partial charge on any atom is -0.496 e. The number of nitrogens with zero attached hydrogens (tertiary/aromatic N) is 2. The van der Waals surface area contributed by atoms with Crippen LogP contribution in [-0.2, 0) is 20.2 Å². The van der Waals surface area contributed by atoms with Gasteiger partial charge in [0.25, 0.3) is 0 Å². The molecule has 1 atom stereocenters. The number of ether oxygens (including phenoxy) is 1. The third kappa shape index (κ3) is 4.74. The lowest BCUT2D eigenvalue weighted by Gasteiger charge is -2.22. The van der Waals surface area contributed by atoms with Gasteiger partial charge in [-0.2, -0.15) is 4.31 Å². The highest BCUT2D eigenvalue weighted by Crippen LogP contribution is 2.49. The van der Waals surface area contributed by atoms with Crippen molar-refractivity contribution in [1.82, 2.24) is 9.29 Å². The van der Waals surface area contributed by atoms with Crippen LogP contribution in [0.3, 0.4) is 0 Å². The van der Waals surface area contributed by atoms with Gasteiger partial charge in [-0.1, -0.05) is 30.3 Å². The van der Waals surface area contributed by atoms with Crippen molar-refractivity contribution in [3.05, 3.63) is 71.8 Å². The first kappa shape index (κ1) is 25.4. The first-order valence-electron chi connectivity index (χ1n) is 12.5. The molecular formula is C28H31N3O5S. The number of hydrogen-bond donors (Lipinski definition) is 2. The van der Waals surface area contributed by atoms with Crippen molar-refractivity contribution in [2.75, 3.05) is 25.6 Å². The zero-order valence-corrected chi connectivity index (χ0v) is 21.8. The predicted molar refractivity (Wildman–Crippen MR) is 141 cm³/mol. The lowest BCUT2D eigenvalue weighted by atomic mass is 9.93. The number of aryl methyl sites for hydroxylation is 1. The fourth-order valence-electron chi connectivity index (χ4n) is 5.09. The molecule has 0 radical (unpaired) electrons. The fourth-order valence-corrected chi connectivity index (χ4v) is 6.77. The smallest absolute Gasteiger partial charge is 0.243 e. The molecule has 1 saturated heterocycles. The highest BCUT2D eigenvalue weighted by Gasteiger charge is 2.51. The largest absolute Gasteiger partial charge is 0.496 e. The van der Waals surface area contributed by atoms with Crippen molar-refractivity contribution in [3.8, 4) is 17.0 Å². The Hall–Kier alpha value is -3.27. The van der Waals surface area contributed by atoms with Crippen LogP contribution in [-0.4, -0.2) is 55.0 Å². The van der Waals surface area contributed by atoms with Crippen LogP contribution in [0.15, 0.2) is 65.6 Å². The number of sulfonamides is 1. The number of aliphatic hydroxyl groups excluding tert-OH is 1. The monoisotopic (exact) mass is 521 g/mol. The molecule has 8 nitrogen and oxygen atoms in total. The van der Waals surface area contributed by atoms with E-state index in [0.717, 1.165) is 41.7 Å². The average Bonchev–Trinajstić information content (AvgIpc) is 3.58. The van der Waals surface area contributed by atoms with Crippen LogP contribution in [0.25, 0.3) is 11.3 Å². The molecule has 5 rings (SSSR count). The maximum absolute atomic E-state index is 13.3. The first-order chi connectivity index (χ1) is 17.8. The SMILES string of the molecule is COc1ccc(C2(C(=O)Nc3cccc(-c4ccc(S(=O)(=O)N5CCC[C@@H]5CO)cc4)n3)CC2)cc1C. The number of pyridine rings is 1. The standard InChI is InChI=1S/C28H31N3O5S/c1-19-17-21(10-13-25(19)36-2)28(14-15-28)27(33)30-26-7-3-6-24(29-26)20-8-11-23(12-9-20)37(34,35)31-16-4-5-22(31)18-32/h3,6-13,17,22,32H,4-5,14-16,18H2,1-2H3,(H,29,30,33)/t22-/m1/s1. The number of rotatable bonds is 8. The van der Waals surface area contributed by atoms with E-state index in [2.05, 4.69) is 10.3 Å². The summed E-state index contributed by atoms with van der Waals surface area (Å²) in [6.45, 7) is 2.20. The molecule has 1 amide bonds. The van der Waals surface area contributed by atoms with Gasteiger partial charge in [0.2, 0.25) is 15.9 Å². The Bertz CT molecular complexity index is 1420. The van der Waals surface area contributed by atoms with Crippen LogP contribution in [0.5, 0.6) is 5.75 Å². The summed E-state index contributed by atoms with van der Waals surface area (Å²) in [5, 5.41) is 12.5. The van der Waals surface area contributed by atoms with Crippen LogP contribution in [0, 0.1) is 6.92 Å². The first-order valence-corrected chi connectivity index (χ1v) is 13.9. The molecule has 9 heteroatoms. The number of carbonyl (C=O) groups is 1. The van der Waals surface area contributed by atoms with Gasteiger partial charge < -0.3 is 15.2 Å². The Balaban J connectivity index is 1.33. The van der Waals surface area contributed by atoms with Crippen molar-refractivity contribution >= 4 is 21.7 Å². The lowest BCUT2D eigenvalue weighted by molar-refractivity contribution is -0.118. The number of carbonyl (C=O) groups excluding carboxylic acids is 1.